The van der Waals surface area contributed by atoms with Crippen molar-refractivity contribution in [1.82, 2.24) is 9.78 Å². The highest BCUT2D eigenvalue weighted by molar-refractivity contribution is 5.77. The Morgan fingerprint density at radius 3 is 3.00 bits per heavy atom. The first-order valence-corrected chi connectivity index (χ1v) is 5.38. The molecule has 15 heavy (non-hydrogen) atoms. The van der Waals surface area contributed by atoms with Gasteiger partial charge in [-0.25, -0.2) is 0 Å². The summed E-state index contributed by atoms with van der Waals surface area (Å²) >= 11 is 0. The number of nitrogens with two attached hydrogens (primary N) is 1. The lowest BCUT2D eigenvalue weighted by Crippen LogP contribution is -2.42. The Hall–Kier alpha value is -1.29. The number of rotatable bonds is 2. The summed E-state index contributed by atoms with van der Waals surface area (Å²) in [6.07, 6.45) is 5.24. The molecule has 80 valence electrons. The highest BCUT2D eigenvalue weighted by atomic mass is 16.3. The first-order chi connectivity index (χ1) is 7.27. The van der Waals surface area contributed by atoms with Gasteiger partial charge in [-0.1, -0.05) is 6.42 Å². The average Bonchev–Trinajstić information content (AvgIpc) is 2.71. The van der Waals surface area contributed by atoms with E-state index >= 15 is 0 Å². The van der Waals surface area contributed by atoms with Gasteiger partial charge in [0.05, 0.1) is 6.26 Å². The number of nitrogens with zero attached hydrogens (tertiary/aromatic N) is 2. The minimum absolute atomic E-state index is 0.0807. The third kappa shape index (κ3) is 1.03. The number of hydrogen-bond donors (Lipinski definition) is 1. The van der Waals surface area contributed by atoms with E-state index in [0.717, 1.165) is 29.6 Å². The van der Waals surface area contributed by atoms with Gasteiger partial charge in [-0.05, 0) is 12.8 Å². The summed E-state index contributed by atoms with van der Waals surface area (Å²) in [5.74, 6) is 0. The third-order valence-electron chi connectivity index (χ3n) is 3.66. The van der Waals surface area contributed by atoms with Crippen LogP contribution < -0.4 is 5.73 Å². The van der Waals surface area contributed by atoms with Crippen LogP contribution in [0.15, 0.2) is 16.7 Å². The molecule has 2 N–H and O–H groups in total. The fourth-order valence-corrected chi connectivity index (χ4v) is 2.47. The maximum Gasteiger partial charge on any atom is 0.175 e. The van der Waals surface area contributed by atoms with E-state index < -0.39 is 0 Å². The monoisotopic (exact) mass is 205 g/mol. The van der Waals surface area contributed by atoms with Gasteiger partial charge in [-0.3, -0.25) is 4.68 Å². The van der Waals surface area contributed by atoms with Crippen LogP contribution in [0.25, 0.3) is 11.1 Å². The van der Waals surface area contributed by atoms with Crippen molar-refractivity contribution in [3.05, 3.63) is 18.0 Å². The number of fused-ring (bicyclic) bond motifs is 1. The normalized spacial score (nSPS) is 19.3. The highest BCUT2D eigenvalue weighted by Gasteiger charge is 2.42. The molecule has 0 aliphatic heterocycles. The predicted octanol–water partition coefficient (Wildman–Crippen LogP) is 1.55. The number of hydrogen-bond acceptors (Lipinski definition) is 3. The first kappa shape index (κ1) is 8.97. The molecule has 1 aliphatic rings. The van der Waals surface area contributed by atoms with Crippen LogP contribution in [-0.4, -0.2) is 16.3 Å². The minimum Gasteiger partial charge on any atom is -0.461 e. The summed E-state index contributed by atoms with van der Waals surface area (Å²) in [5.41, 5.74) is 8.99. The van der Waals surface area contributed by atoms with Crippen LogP contribution >= 0.6 is 0 Å². The molecule has 2 heterocycles. The minimum atomic E-state index is 0.0807. The molecule has 3 rings (SSSR count). The molecule has 1 aliphatic carbocycles. The second-order valence-electron chi connectivity index (χ2n) is 4.45. The van der Waals surface area contributed by atoms with E-state index in [-0.39, 0.29) is 5.41 Å². The molecule has 4 heteroatoms. The molecule has 0 unspecified atom stereocenters. The maximum absolute atomic E-state index is 5.88. The molecule has 0 bridgehead atoms. The molecular formula is C11H15N3O. The summed E-state index contributed by atoms with van der Waals surface area (Å²) in [5, 5.41) is 4.56. The van der Waals surface area contributed by atoms with E-state index in [4.69, 9.17) is 10.2 Å². The van der Waals surface area contributed by atoms with Gasteiger partial charge in [0.25, 0.3) is 0 Å². The second kappa shape index (κ2) is 2.85. The lowest BCUT2D eigenvalue weighted by atomic mass is 9.66. The van der Waals surface area contributed by atoms with Crippen LogP contribution in [-0.2, 0) is 12.5 Å². The van der Waals surface area contributed by atoms with Crippen LogP contribution in [0.2, 0.25) is 0 Å². The zero-order valence-electron chi connectivity index (χ0n) is 8.86. The Balaban J connectivity index is 2.21. The lowest BCUT2D eigenvalue weighted by molar-refractivity contribution is 0.244. The van der Waals surface area contributed by atoms with E-state index in [1.165, 1.54) is 6.42 Å². The van der Waals surface area contributed by atoms with Gasteiger partial charge >= 0.3 is 0 Å². The van der Waals surface area contributed by atoms with Gasteiger partial charge in [-0.2, -0.15) is 5.10 Å². The molecule has 0 aromatic carbocycles. The summed E-state index contributed by atoms with van der Waals surface area (Å²) in [7, 11) is 1.95. The van der Waals surface area contributed by atoms with Crippen molar-refractivity contribution >= 4 is 11.1 Å². The van der Waals surface area contributed by atoms with Crippen molar-refractivity contribution in [2.45, 2.75) is 24.7 Å². The number of furan rings is 1. The Morgan fingerprint density at radius 1 is 1.60 bits per heavy atom. The van der Waals surface area contributed by atoms with E-state index in [1.54, 1.807) is 6.26 Å². The van der Waals surface area contributed by atoms with Crippen LogP contribution in [0.4, 0.5) is 0 Å². The standard InChI is InChI=1S/C11H15N3O/c1-14-8-3-6-15-9(8)10(13-14)11(7-12)4-2-5-11/h3,6H,2,4-5,7,12H2,1H3. The van der Waals surface area contributed by atoms with Crippen molar-refractivity contribution in [2.24, 2.45) is 12.8 Å². The first-order valence-electron chi connectivity index (χ1n) is 5.38. The van der Waals surface area contributed by atoms with Gasteiger partial charge in [-0.15, -0.1) is 0 Å². The van der Waals surface area contributed by atoms with E-state index in [1.807, 2.05) is 17.8 Å². The zero-order valence-corrected chi connectivity index (χ0v) is 8.86. The number of aryl methyl sites for hydroxylation is 1. The summed E-state index contributed by atoms with van der Waals surface area (Å²) in [4.78, 5) is 0. The molecule has 0 spiro atoms. The fourth-order valence-electron chi connectivity index (χ4n) is 2.47. The van der Waals surface area contributed by atoms with Crippen LogP contribution in [0.3, 0.4) is 0 Å². The van der Waals surface area contributed by atoms with Crippen molar-refractivity contribution in [3.8, 4) is 0 Å². The molecule has 1 fully saturated rings. The van der Waals surface area contributed by atoms with E-state index in [2.05, 4.69) is 5.10 Å². The zero-order chi connectivity index (χ0) is 10.5. The smallest absolute Gasteiger partial charge is 0.175 e. The second-order valence-corrected chi connectivity index (χ2v) is 4.45. The van der Waals surface area contributed by atoms with Crippen molar-refractivity contribution in [1.29, 1.82) is 0 Å². The van der Waals surface area contributed by atoms with Crippen LogP contribution in [0.1, 0.15) is 25.0 Å². The summed E-state index contributed by atoms with van der Waals surface area (Å²) < 4.78 is 7.39. The molecule has 0 atom stereocenters. The SMILES string of the molecule is Cn1nc(C2(CN)CCC2)c2occc21. The summed E-state index contributed by atoms with van der Waals surface area (Å²) in [6, 6.07) is 1.95. The Morgan fingerprint density at radius 2 is 2.40 bits per heavy atom. The maximum atomic E-state index is 5.88. The highest BCUT2D eigenvalue weighted by Crippen LogP contribution is 2.44. The van der Waals surface area contributed by atoms with Crippen LogP contribution in [0, 0.1) is 0 Å². The van der Waals surface area contributed by atoms with Gasteiger partial charge in [0.2, 0.25) is 0 Å². The molecule has 2 aromatic heterocycles. The van der Waals surface area contributed by atoms with Gasteiger partial charge in [0.15, 0.2) is 5.58 Å². The van der Waals surface area contributed by atoms with E-state index in [9.17, 15) is 0 Å². The van der Waals surface area contributed by atoms with Gasteiger partial charge in [0.1, 0.15) is 11.2 Å². The van der Waals surface area contributed by atoms with Crippen molar-refractivity contribution < 1.29 is 4.42 Å². The summed E-state index contributed by atoms with van der Waals surface area (Å²) in [6.45, 7) is 0.666. The number of aromatic nitrogens is 2. The van der Waals surface area contributed by atoms with Gasteiger partial charge in [0, 0.05) is 25.1 Å². The van der Waals surface area contributed by atoms with Crippen molar-refractivity contribution in [3.63, 3.8) is 0 Å². The molecule has 4 nitrogen and oxygen atoms in total. The molecular weight excluding hydrogens is 190 g/mol. The molecule has 0 saturated heterocycles. The predicted molar refractivity (Wildman–Crippen MR) is 57.6 cm³/mol. The Bertz CT molecular complexity index is 487. The quantitative estimate of drug-likeness (QED) is 0.809. The molecule has 2 aromatic rings. The largest absolute Gasteiger partial charge is 0.461 e. The third-order valence-corrected chi connectivity index (χ3v) is 3.66. The fraction of sp³-hybridized carbons (Fsp3) is 0.545. The molecule has 0 amide bonds. The van der Waals surface area contributed by atoms with E-state index in [0.29, 0.717) is 6.54 Å². The van der Waals surface area contributed by atoms with Crippen molar-refractivity contribution in [2.75, 3.05) is 6.54 Å². The lowest BCUT2D eigenvalue weighted by Gasteiger charge is -2.39. The average molecular weight is 205 g/mol. The Kier molecular flexibility index (Phi) is 1.71. The van der Waals surface area contributed by atoms with Crippen LogP contribution in [0.5, 0.6) is 0 Å². The molecule has 1 saturated carbocycles. The van der Waals surface area contributed by atoms with Gasteiger partial charge < -0.3 is 10.2 Å². The molecule has 0 radical (unpaired) electrons. The Labute approximate surface area is 88.0 Å². The topological polar surface area (TPSA) is 57.0 Å².